The number of carbonyl (C=O) groups is 2. The molecule has 0 saturated heterocycles. The van der Waals surface area contributed by atoms with E-state index in [2.05, 4.69) is 15.5 Å². The van der Waals surface area contributed by atoms with Gasteiger partial charge in [0.2, 0.25) is 11.8 Å². The Morgan fingerprint density at radius 1 is 1.10 bits per heavy atom. The van der Waals surface area contributed by atoms with Gasteiger partial charge in [-0.15, -0.1) is 0 Å². The lowest BCUT2D eigenvalue weighted by molar-refractivity contribution is -0.611. The third kappa shape index (κ3) is 5.72. The zero-order valence-corrected chi connectivity index (χ0v) is 23.0. The second-order valence-electron chi connectivity index (χ2n) is 11.1. The molecule has 2 N–H and O–H groups in total. The fourth-order valence-corrected chi connectivity index (χ4v) is 5.99. The van der Waals surface area contributed by atoms with Crippen LogP contribution in [0.25, 0.3) is 11.1 Å². The molecule has 10 heteroatoms. The molecule has 0 spiro atoms. The number of aromatic nitrogens is 2. The lowest BCUT2D eigenvalue weighted by Gasteiger charge is -2.34. The second kappa shape index (κ2) is 11.0. The highest BCUT2D eigenvalue weighted by Crippen LogP contribution is 2.38. The molecule has 1 aliphatic carbocycles. The van der Waals surface area contributed by atoms with E-state index in [0.29, 0.717) is 36.6 Å². The fourth-order valence-electron chi connectivity index (χ4n) is 5.99. The van der Waals surface area contributed by atoms with Crippen molar-refractivity contribution in [3.63, 3.8) is 0 Å². The fraction of sp³-hybridized carbons (Fsp3) is 0.433. The Morgan fingerprint density at radius 2 is 1.85 bits per heavy atom. The normalized spacial score (nSPS) is 19.5. The summed E-state index contributed by atoms with van der Waals surface area (Å²) in [5, 5.41) is 17.7. The van der Waals surface area contributed by atoms with Crippen LogP contribution in [0.5, 0.6) is 0 Å². The van der Waals surface area contributed by atoms with Gasteiger partial charge in [0.1, 0.15) is 11.7 Å². The molecule has 3 heterocycles. The summed E-state index contributed by atoms with van der Waals surface area (Å²) in [4.78, 5) is 29.1. The van der Waals surface area contributed by atoms with Crippen molar-refractivity contribution in [2.45, 2.75) is 64.6 Å². The smallest absolute Gasteiger partial charge is 0.268 e. The van der Waals surface area contributed by atoms with Crippen LogP contribution < -0.4 is 15.4 Å². The zero-order valence-electron chi connectivity index (χ0n) is 23.0. The number of halogens is 2. The number of hydrogen-bond acceptors (Lipinski definition) is 4. The van der Waals surface area contributed by atoms with Crippen molar-refractivity contribution in [3.8, 4) is 11.1 Å². The first-order valence-electron chi connectivity index (χ1n) is 13.7. The van der Waals surface area contributed by atoms with E-state index in [0.717, 1.165) is 33.7 Å². The first-order valence-corrected chi connectivity index (χ1v) is 13.7. The number of carbonyl (C=O) groups excluding carboxylic acids is 2. The van der Waals surface area contributed by atoms with Crippen molar-refractivity contribution >= 4 is 17.5 Å². The average Bonchev–Trinajstić information content (AvgIpc) is 3.33. The molecule has 8 nitrogen and oxygen atoms in total. The minimum absolute atomic E-state index is 0.214. The molecular weight excluding hydrogens is 516 g/mol. The van der Waals surface area contributed by atoms with Crippen molar-refractivity contribution in [3.05, 3.63) is 76.5 Å². The maximum Gasteiger partial charge on any atom is 0.268 e. The van der Waals surface area contributed by atoms with Crippen LogP contribution in [-0.4, -0.2) is 46.8 Å². The van der Waals surface area contributed by atoms with Gasteiger partial charge in [-0.25, -0.2) is 8.78 Å². The van der Waals surface area contributed by atoms with E-state index in [4.69, 9.17) is 0 Å². The van der Waals surface area contributed by atoms with Gasteiger partial charge in [0, 0.05) is 56.8 Å². The lowest BCUT2D eigenvalue weighted by atomic mass is 9.81. The molecule has 2 aliphatic rings. The molecule has 40 heavy (non-hydrogen) atoms. The Kier molecular flexibility index (Phi) is 7.63. The molecule has 212 valence electrons. The molecule has 2 atom stereocenters. The molecule has 1 aliphatic heterocycles. The minimum atomic E-state index is -2.88. The highest BCUT2D eigenvalue weighted by Gasteiger charge is 2.42. The molecule has 1 saturated carbocycles. The van der Waals surface area contributed by atoms with Crippen LogP contribution in [0, 0.1) is 25.0 Å². The van der Waals surface area contributed by atoms with Gasteiger partial charge in [-0.3, -0.25) is 14.5 Å². The van der Waals surface area contributed by atoms with E-state index in [-0.39, 0.29) is 12.8 Å². The number of aryl methyl sites for hydroxylation is 1. The Bertz CT molecular complexity index is 1420. The summed E-state index contributed by atoms with van der Waals surface area (Å²) in [6.45, 7) is 5.80. The molecular formula is C30H35F2N5O3. The lowest BCUT2D eigenvalue weighted by Crippen LogP contribution is -2.51. The summed E-state index contributed by atoms with van der Waals surface area (Å²) in [7, 11) is 2.01. The molecule has 5 rings (SSSR count). The molecule has 1 aromatic carbocycles. The Morgan fingerprint density at radius 3 is 2.58 bits per heavy atom. The summed E-state index contributed by atoms with van der Waals surface area (Å²) in [5.74, 6) is -4.55. The number of pyridine rings is 1. The Labute approximate surface area is 232 Å². The van der Waals surface area contributed by atoms with E-state index < -0.39 is 36.1 Å². The van der Waals surface area contributed by atoms with Gasteiger partial charge in [0.15, 0.2) is 11.9 Å². The number of anilines is 1. The van der Waals surface area contributed by atoms with Crippen molar-refractivity contribution in [2.24, 2.45) is 5.92 Å². The van der Waals surface area contributed by atoms with Crippen LogP contribution in [0.3, 0.4) is 0 Å². The summed E-state index contributed by atoms with van der Waals surface area (Å²) in [6, 6.07) is 11.3. The number of benzene rings is 1. The first kappa shape index (κ1) is 27.8. The van der Waals surface area contributed by atoms with Crippen LogP contribution in [0.15, 0.2) is 48.7 Å². The Hall–Kier alpha value is -3.79. The third-order valence-corrected chi connectivity index (χ3v) is 8.15. The molecule has 1 fully saturated rings. The van der Waals surface area contributed by atoms with Gasteiger partial charge in [-0.1, -0.05) is 12.1 Å². The number of likely N-dealkylation sites (N-methyl/N-ethyl adjacent to an activating group) is 1. The highest BCUT2D eigenvalue weighted by atomic mass is 19.3. The van der Waals surface area contributed by atoms with Gasteiger partial charge in [0.05, 0.1) is 5.56 Å². The number of alkyl halides is 2. The average molecular weight is 552 g/mol. The maximum absolute atomic E-state index is 14.4. The highest BCUT2D eigenvalue weighted by molar-refractivity contribution is 6.01. The molecule has 2 amide bonds. The summed E-state index contributed by atoms with van der Waals surface area (Å²) in [5.41, 5.74) is 5.04. The van der Waals surface area contributed by atoms with E-state index in [1.54, 1.807) is 43.3 Å². The number of fused-ring (bicyclic) bond motifs is 1. The predicted octanol–water partition coefficient (Wildman–Crippen LogP) is 4.41. The summed E-state index contributed by atoms with van der Waals surface area (Å²) in [6.07, 6.45) is 1.51. The monoisotopic (exact) mass is 551 g/mol. The van der Waals surface area contributed by atoms with Crippen LogP contribution in [0.4, 0.5) is 14.5 Å². The van der Waals surface area contributed by atoms with Crippen LogP contribution in [0.2, 0.25) is 0 Å². The van der Waals surface area contributed by atoms with E-state index >= 15 is 0 Å². The first-order chi connectivity index (χ1) is 19.0. The van der Waals surface area contributed by atoms with Gasteiger partial charge in [-0.05, 0) is 68.1 Å². The third-order valence-electron chi connectivity index (χ3n) is 8.15. The quantitative estimate of drug-likeness (QED) is 0.351. The van der Waals surface area contributed by atoms with Gasteiger partial charge in [0.25, 0.3) is 5.91 Å². The maximum atomic E-state index is 14.4. The van der Waals surface area contributed by atoms with Crippen LogP contribution >= 0.6 is 0 Å². The van der Waals surface area contributed by atoms with Crippen LogP contribution in [-0.2, 0) is 17.9 Å². The second-order valence-corrected chi connectivity index (χ2v) is 11.1. The number of hydrogen-bond donors (Lipinski definition) is 2. The zero-order chi connectivity index (χ0) is 28.6. The molecule has 0 bridgehead atoms. The van der Waals surface area contributed by atoms with Crippen molar-refractivity contribution < 1.29 is 23.1 Å². The van der Waals surface area contributed by atoms with Crippen LogP contribution in [0.1, 0.15) is 53.1 Å². The molecule has 0 unspecified atom stereocenters. The summed E-state index contributed by atoms with van der Waals surface area (Å²) >= 11 is 0. The van der Waals surface area contributed by atoms with E-state index in [1.807, 2.05) is 24.6 Å². The van der Waals surface area contributed by atoms with Gasteiger partial charge >= 0.3 is 0 Å². The molecule has 2 aromatic heterocycles. The predicted molar refractivity (Wildman–Crippen MR) is 148 cm³/mol. The van der Waals surface area contributed by atoms with Crippen molar-refractivity contribution in [2.75, 3.05) is 18.9 Å². The largest absolute Gasteiger partial charge is 0.618 e. The topological polar surface area (TPSA) is 93.3 Å². The summed E-state index contributed by atoms with van der Waals surface area (Å²) < 4.78 is 31.5. The number of amides is 2. The van der Waals surface area contributed by atoms with E-state index in [9.17, 15) is 23.6 Å². The van der Waals surface area contributed by atoms with Gasteiger partial charge < -0.3 is 20.4 Å². The number of nitrogens with zero attached hydrogens (tertiary/aromatic N) is 3. The Balaban J connectivity index is 1.37. The molecule has 0 radical (unpaired) electrons. The SMILES string of the molecule is Cc1cc[n+]([O-])c(C)c1-c1ccc(NC(=O)[C@@H](NC(=O)c2ccc3n2CCN(C)C3)[C@H]2CCCC(F)(F)C2)cc1. The number of rotatable bonds is 6. The minimum Gasteiger partial charge on any atom is -0.618 e. The standard InChI is InChI=1S/C30H35F2N5O3/c1-19-12-14-37(40)20(2)26(19)21-6-8-23(9-7-21)33-29(39)27(22-5-4-13-30(31,32)17-22)34-28(38)25-11-10-24-18-35(3)15-16-36(24)25/h6-12,14,22,27H,4-5,13,15-18H2,1-3H3,(H,33,39)(H,34,38)/t22-,27-/m0/s1. The van der Waals surface area contributed by atoms with E-state index in [1.165, 1.54) is 6.20 Å². The van der Waals surface area contributed by atoms with Crippen molar-refractivity contribution in [1.82, 2.24) is 14.8 Å². The van der Waals surface area contributed by atoms with Gasteiger partial charge in [-0.2, -0.15) is 4.73 Å². The number of nitrogens with one attached hydrogen (secondary N) is 2. The molecule has 3 aromatic rings. The van der Waals surface area contributed by atoms with Crippen molar-refractivity contribution in [1.29, 1.82) is 0 Å².